The molecule has 0 radical (unpaired) electrons. The van der Waals surface area contributed by atoms with Crippen molar-refractivity contribution in [2.45, 2.75) is 32.1 Å². The van der Waals surface area contributed by atoms with Crippen LogP contribution in [-0.4, -0.2) is 31.0 Å². The second-order valence-electron chi connectivity index (χ2n) is 6.21. The molecule has 1 aliphatic rings. The Bertz CT molecular complexity index is 662. The molecule has 0 bridgehead atoms. The van der Waals surface area contributed by atoms with E-state index in [-0.39, 0.29) is 5.91 Å². The van der Waals surface area contributed by atoms with E-state index in [9.17, 15) is 4.79 Å². The minimum Gasteiger partial charge on any atom is -0.497 e. The summed E-state index contributed by atoms with van der Waals surface area (Å²) in [7, 11) is 1.68. The van der Waals surface area contributed by atoms with Gasteiger partial charge < -0.3 is 9.64 Å². The van der Waals surface area contributed by atoms with E-state index in [1.807, 2.05) is 35.4 Å². The Labute approximate surface area is 141 Å². The predicted molar refractivity (Wildman–Crippen MR) is 94.5 cm³/mol. The number of nitrogens with zero attached hydrogens (tertiary/aromatic N) is 1. The van der Waals surface area contributed by atoms with Crippen LogP contribution in [-0.2, 0) is 0 Å². The molecule has 0 spiro atoms. The van der Waals surface area contributed by atoms with E-state index in [2.05, 4.69) is 12.1 Å². The van der Waals surface area contributed by atoms with Gasteiger partial charge in [0.2, 0.25) is 0 Å². The number of likely N-dealkylation sites (tertiary alicyclic amines) is 1. The molecule has 122 valence electrons. The maximum absolute atomic E-state index is 12.8. The van der Waals surface area contributed by atoms with Gasteiger partial charge in [-0.05, 0) is 54.5 Å². The van der Waals surface area contributed by atoms with Gasteiger partial charge in [-0.3, -0.25) is 4.79 Å². The molecule has 1 aromatic carbocycles. The Hall–Kier alpha value is -1.81. The number of rotatable bonds is 3. The maximum atomic E-state index is 12.8. The van der Waals surface area contributed by atoms with Crippen molar-refractivity contribution >= 4 is 17.2 Å². The van der Waals surface area contributed by atoms with Crippen molar-refractivity contribution in [1.29, 1.82) is 0 Å². The fourth-order valence-electron chi connectivity index (χ4n) is 3.17. The first-order valence-electron chi connectivity index (χ1n) is 8.15. The number of thiophene rings is 1. The number of benzene rings is 1. The number of amides is 1. The van der Waals surface area contributed by atoms with Crippen LogP contribution in [0.3, 0.4) is 0 Å². The monoisotopic (exact) mass is 329 g/mol. The number of ether oxygens (including phenoxy) is 1. The Morgan fingerprint density at radius 1 is 1.26 bits per heavy atom. The van der Waals surface area contributed by atoms with Crippen LogP contribution in [0.25, 0.3) is 0 Å². The number of aryl methyl sites for hydroxylation is 1. The molecule has 1 aliphatic heterocycles. The van der Waals surface area contributed by atoms with Gasteiger partial charge in [0, 0.05) is 19.0 Å². The highest BCUT2D eigenvalue weighted by atomic mass is 32.1. The van der Waals surface area contributed by atoms with Crippen molar-refractivity contribution < 1.29 is 9.53 Å². The number of hydrogen-bond acceptors (Lipinski definition) is 3. The Balaban J connectivity index is 1.76. The van der Waals surface area contributed by atoms with Gasteiger partial charge in [-0.1, -0.05) is 18.6 Å². The SMILES string of the molecule is COc1ccc(C2CCCCN(C(=O)c3cc(C)cs3)C2)cc1. The summed E-state index contributed by atoms with van der Waals surface area (Å²) in [5.41, 5.74) is 2.47. The Kier molecular flexibility index (Phi) is 5.01. The van der Waals surface area contributed by atoms with Crippen molar-refractivity contribution in [3.8, 4) is 5.75 Å². The summed E-state index contributed by atoms with van der Waals surface area (Å²) in [5, 5.41) is 2.05. The van der Waals surface area contributed by atoms with Crippen molar-refractivity contribution in [2.75, 3.05) is 20.2 Å². The zero-order chi connectivity index (χ0) is 16.2. The highest BCUT2D eigenvalue weighted by molar-refractivity contribution is 7.12. The van der Waals surface area contributed by atoms with E-state index < -0.39 is 0 Å². The van der Waals surface area contributed by atoms with Crippen molar-refractivity contribution in [3.05, 3.63) is 51.7 Å². The molecule has 1 amide bonds. The molecule has 2 heterocycles. The molecule has 3 nitrogen and oxygen atoms in total. The van der Waals surface area contributed by atoms with Gasteiger partial charge in [-0.2, -0.15) is 0 Å². The van der Waals surface area contributed by atoms with Crippen LogP contribution in [0.2, 0.25) is 0 Å². The summed E-state index contributed by atoms with van der Waals surface area (Å²) in [5.74, 6) is 1.47. The summed E-state index contributed by atoms with van der Waals surface area (Å²) in [4.78, 5) is 15.7. The molecular formula is C19H23NO2S. The second kappa shape index (κ2) is 7.18. The first-order valence-corrected chi connectivity index (χ1v) is 9.03. The molecule has 4 heteroatoms. The minimum atomic E-state index is 0.184. The Morgan fingerprint density at radius 3 is 2.70 bits per heavy atom. The maximum Gasteiger partial charge on any atom is 0.263 e. The summed E-state index contributed by atoms with van der Waals surface area (Å²) < 4.78 is 5.24. The topological polar surface area (TPSA) is 29.5 Å². The van der Waals surface area contributed by atoms with Crippen molar-refractivity contribution in [1.82, 2.24) is 4.90 Å². The minimum absolute atomic E-state index is 0.184. The molecule has 23 heavy (non-hydrogen) atoms. The molecule has 1 atom stereocenters. The van der Waals surface area contributed by atoms with E-state index in [4.69, 9.17) is 4.74 Å². The van der Waals surface area contributed by atoms with Gasteiger partial charge >= 0.3 is 0 Å². The molecule has 0 N–H and O–H groups in total. The van der Waals surface area contributed by atoms with Gasteiger partial charge in [0.1, 0.15) is 5.75 Å². The molecule has 3 rings (SSSR count). The normalized spacial score (nSPS) is 18.5. The van der Waals surface area contributed by atoms with Gasteiger partial charge in [-0.15, -0.1) is 11.3 Å². The smallest absolute Gasteiger partial charge is 0.263 e. The number of carbonyl (C=O) groups excluding carboxylic acids is 1. The molecule has 1 aromatic heterocycles. The fourth-order valence-corrected chi connectivity index (χ4v) is 4.04. The number of carbonyl (C=O) groups is 1. The van der Waals surface area contributed by atoms with Crippen LogP contribution in [0, 0.1) is 6.92 Å². The quantitative estimate of drug-likeness (QED) is 0.831. The standard InChI is InChI=1S/C19H23NO2S/c1-14-11-18(23-13-14)19(21)20-10-4-3-5-16(12-20)15-6-8-17(22-2)9-7-15/h6-9,11,13,16H,3-5,10,12H2,1-2H3. The predicted octanol–water partition coefficient (Wildman–Crippen LogP) is 4.48. The second-order valence-corrected chi connectivity index (χ2v) is 7.12. The summed E-state index contributed by atoms with van der Waals surface area (Å²) in [6.45, 7) is 3.71. The molecule has 1 unspecified atom stereocenters. The van der Waals surface area contributed by atoms with Gasteiger partial charge in [-0.25, -0.2) is 0 Å². The van der Waals surface area contributed by atoms with E-state index in [0.29, 0.717) is 5.92 Å². The van der Waals surface area contributed by atoms with Crippen molar-refractivity contribution in [3.63, 3.8) is 0 Å². The largest absolute Gasteiger partial charge is 0.497 e. The molecular weight excluding hydrogens is 306 g/mol. The summed E-state index contributed by atoms with van der Waals surface area (Å²) >= 11 is 1.55. The average Bonchev–Trinajstić information content (AvgIpc) is 2.87. The average molecular weight is 329 g/mol. The lowest BCUT2D eigenvalue weighted by Gasteiger charge is -2.24. The molecule has 2 aromatic rings. The first-order chi connectivity index (χ1) is 11.2. The lowest BCUT2D eigenvalue weighted by atomic mass is 9.94. The highest BCUT2D eigenvalue weighted by Gasteiger charge is 2.24. The lowest BCUT2D eigenvalue weighted by Crippen LogP contribution is -2.33. The van der Waals surface area contributed by atoms with Crippen LogP contribution in [0.15, 0.2) is 35.7 Å². The van der Waals surface area contributed by atoms with Crippen LogP contribution in [0.4, 0.5) is 0 Å². The third-order valence-corrected chi connectivity index (χ3v) is 5.52. The van der Waals surface area contributed by atoms with Crippen LogP contribution >= 0.6 is 11.3 Å². The number of methoxy groups -OCH3 is 1. The Morgan fingerprint density at radius 2 is 2.04 bits per heavy atom. The fraction of sp³-hybridized carbons (Fsp3) is 0.421. The molecule has 0 saturated carbocycles. The third-order valence-electron chi connectivity index (χ3n) is 4.49. The summed E-state index contributed by atoms with van der Waals surface area (Å²) in [6.07, 6.45) is 3.40. The zero-order valence-corrected chi connectivity index (χ0v) is 14.6. The third kappa shape index (κ3) is 3.75. The lowest BCUT2D eigenvalue weighted by molar-refractivity contribution is 0.0759. The first kappa shape index (κ1) is 16.1. The van der Waals surface area contributed by atoms with E-state index in [1.165, 1.54) is 17.5 Å². The van der Waals surface area contributed by atoms with Gasteiger partial charge in [0.25, 0.3) is 5.91 Å². The highest BCUT2D eigenvalue weighted by Crippen LogP contribution is 2.29. The van der Waals surface area contributed by atoms with E-state index in [1.54, 1.807) is 18.4 Å². The number of hydrogen-bond donors (Lipinski definition) is 0. The van der Waals surface area contributed by atoms with E-state index in [0.717, 1.165) is 36.6 Å². The van der Waals surface area contributed by atoms with Crippen LogP contribution in [0.5, 0.6) is 5.75 Å². The van der Waals surface area contributed by atoms with Gasteiger partial charge in [0.15, 0.2) is 0 Å². The van der Waals surface area contributed by atoms with E-state index >= 15 is 0 Å². The summed E-state index contributed by atoms with van der Waals surface area (Å²) in [6, 6.07) is 10.3. The van der Waals surface area contributed by atoms with Gasteiger partial charge in [0.05, 0.1) is 12.0 Å². The van der Waals surface area contributed by atoms with Crippen LogP contribution < -0.4 is 4.74 Å². The van der Waals surface area contributed by atoms with Crippen LogP contribution in [0.1, 0.15) is 46.0 Å². The molecule has 1 fully saturated rings. The van der Waals surface area contributed by atoms with Crippen molar-refractivity contribution in [2.24, 2.45) is 0 Å². The molecule has 0 aliphatic carbocycles. The molecule has 1 saturated heterocycles. The zero-order valence-electron chi connectivity index (χ0n) is 13.7.